The molecule has 1 atom stereocenters. The number of benzene rings is 3. The smallest absolute Gasteiger partial charge is 0.290 e. The maximum atomic E-state index is 13.2. The lowest BCUT2D eigenvalue weighted by Crippen LogP contribution is -2.29. The standard InChI is InChI=1S/C25H22BrNO4/c1-30-20-12-8-17(9-13-20)22-23(18-6-10-19(26)11-7-18)27(25(29)24(22)28)15-16-4-3-5-21(14-16)31-2/h3-14,23,28H,15H2,1-2H3. The number of ether oxygens (including phenoxy) is 2. The van der Waals surface area contributed by atoms with Crippen molar-refractivity contribution in [2.75, 3.05) is 14.2 Å². The zero-order valence-corrected chi connectivity index (χ0v) is 18.8. The Hall–Kier alpha value is -3.25. The van der Waals surface area contributed by atoms with Gasteiger partial charge in [-0.05, 0) is 53.1 Å². The number of methoxy groups -OCH3 is 2. The quantitative estimate of drug-likeness (QED) is 0.505. The van der Waals surface area contributed by atoms with Gasteiger partial charge in [0.25, 0.3) is 5.91 Å². The molecule has 0 fully saturated rings. The Morgan fingerprint density at radius 3 is 2.26 bits per heavy atom. The number of carbonyl (C=O) groups is 1. The number of amides is 1. The van der Waals surface area contributed by atoms with Crippen LogP contribution in [0.15, 0.2) is 83.0 Å². The van der Waals surface area contributed by atoms with Crippen LogP contribution in [0, 0.1) is 0 Å². The largest absolute Gasteiger partial charge is 0.503 e. The highest BCUT2D eigenvalue weighted by Gasteiger charge is 2.41. The molecule has 1 unspecified atom stereocenters. The van der Waals surface area contributed by atoms with Gasteiger partial charge in [0, 0.05) is 16.6 Å². The molecule has 0 aliphatic carbocycles. The van der Waals surface area contributed by atoms with Crippen LogP contribution in [0.4, 0.5) is 0 Å². The molecule has 3 aromatic carbocycles. The molecule has 0 saturated carbocycles. The van der Waals surface area contributed by atoms with Crippen molar-refractivity contribution in [3.63, 3.8) is 0 Å². The second-order valence-corrected chi connectivity index (χ2v) is 8.15. The molecule has 0 spiro atoms. The predicted molar refractivity (Wildman–Crippen MR) is 123 cm³/mol. The lowest BCUT2D eigenvalue weighted by atomic mass is 9.93. The van der Waals surface area contributed by atoms with Crippen molar-refractivity contribution in [3.8, 4) is 11.5 Å². The topological polar surface area (TPSA) is 59.0 Å². The molecule has 0 bridgehead atoms. The molecule has 1 heterocycles. The van der Waals surface area contributed by atoms with Crippen LogP contribution in [0.3, 0.4) is 0 Å². The first-order chi connectivity index (χ1) is 15.0. The lowest BCUT2D eigenvalue weighted by Gasteiger charge is -2.27. The Kier molecular flexibility index (Phi) is 6.00. The van der Waals surface area contributed by atoms with Crippen molar-refractivity contribution in [3.05, 3.63) is 99.7 Å². The summed E-state index contributed by atoms with van der Waals surface area (Å²) in [4.78, 5) is 14.9. The summed E-state index contributed by atoms with van der Waals surface area (Å²) in [5.41, 5.74) is 3.18. The van der Waals surface area contributed by atoms with Crippen molar-refractivity contribution in [2.24, 2.45) is 0 Å². The molecule has 0 saturated heterocycles. The first-order valence-corrected chi connectivity index (χ1v) is 10.6. The summed E-state index contributed by atoms with van der Waals surface area (Å²) >= 11 is 3.47. The highest BCUT2D eigenvalue weighted by molar-refractivity contribution is 9.10. The van der Waals surface area contributed by atoms with E-state index in [0.29, 0.717) is 17.9 Å². The van der Waals surface area contributed by atoms with Crippen molar-refractivity contribution in [1.82, 2.24) is 4.90 Å². The van der Waals surface area contributed by atoms with Crippen molar-refractivity contribution >= 4 is 27.4 Å². The van der Waals surface area contributed by atoms with E-state index in [1.807, 2.05) is 72.8 Å². The fraction of sp³-hybridized carbons (Fsp3) is 0.160. The summed E-state index contributed by atoms with van der Waals surface area (Å²) in [7, 11) is 3.21. The van der Waals surface area contributed by atoms with Gasteiger partial charge in [-0.2, -0.15) is 0 Å². The summed E-state index contributed by atoms with van der Waals surface area (Å²) < 4.78 is 11.5. The third-order valence-electron chi connectivity index (χ3n) is 5.38. The number of hydrogen-bond donors (Lipinski definition) is 1. The monoisotopic (exact) mass is 479 g/mol. The van der Waals surface area contributed by atoms with Crippen LogP contribution in [0.2, 0.25) is 0 Å². The van der Waals surface area contributed by atoms with Crippen molar-refractivity contribution in [2.45, 2.75) is 12.6 Å². The highest BCUT2D eigenvalue weighted by atomic mass is 79.9. The zero-order chi connectivity index (χ0) is 22.0. The summed E-state index contributed by atoms with van der Waals surface area (Å²) in [5.74, 6) is 0.793. The van der Waals surface area contributed by atoms with Gasteiger partial charge in [-0.1, -0.05) is 52.3 Å². The van der Waals surface area contributed by atoms with Gasteiger partial charge in [-0.15, -0.1) is 0 Å². The zero-order valence-electron chi connectivity index (χ0n) is 17.2. The SMILES string of the molecule is COc1ccc(C2=C(O)C(=O)N(Cc3cccc(OC)c3)C2c2ccc(Br)cc2)cc1. The molecule has 0 aromatic heterocycles. The van der Waals surface area contributed by atoms with Gasteiger partial charge in [0.05, 0.1) is 20.3 Å². The average molecular weight is 480 g/mol. The van der Waals surface area contributed by atoms with Crippen molar-refractivity contribution < 1.29 is 19.4 Å². The molecule has 1 amide bonds. The third kappa shape index (κ3) is 4.16. The predicted octanol–water partition coefficient (Wildman–Crippen LogP) is 5.52. The van der Waals surface area contributed by atoms with E-state index in [9.17, 15) is 9.90 Å². The Morgan fingerprint density at radius 1 is 0.935 bits per heavy atom. The van der Waals surface area contributed by atoms with Gasteiger partial charge in [0.15, 0.2) is 5.76 Å². The molecule has 6 heteroatoms. The van der Waals surface area contributed by atoms with Crippen LogP contribution in [-0.2, 0) is 11.3 Å². The Bertz CT molecular complexity index is 1120. The van der Waals surface area contributed by atoms with Gasteiger partial charge in [0.1, 0.15) is 11.5 Å². The van der Waals surface area contributed by atoms with Crippen LogP contribution in [-0.4, -0.2) is 30.1 Å². The summed E-state index contributed by atoms with van der Waals surface area (Å²) in [6.45, 7) is 0.334. The minimum absolute atomic E-state index is 0.235. The molecular weight excluding hydrogens is 458 g/mol. The molecular formula is C25H22BrNO4. The van der Waals surface area contributed by atoms with Crippen LogP contribution in [0.25, 0.3) is 5.57 Å². The van der Waals surface area contributed by atoms with E-state index in [4.69, 9.17) is 9.47 Å². The van der Waals surface area contributed by atoms with Crippen LogP contribution >= 0.6 is 15.9 Å². The number of nitrogens with zero attached hydrogens (tertiary/aromatic N) is 1. The first-order valence-electron chi connectivity index (χ1n) is 9.78. The number of aliphatic hydroxyl groups excluding tert-OH is 1. The second kappa shape index (κ2) is 8.86. The van der Waals surface area contributed by atoms with Gasteiger partial charge in [-0.3, -0.25) is 4.79 Å². The van der Waals surface area contributed by atoms with E-state index >= 15 is 0 Å². The van der Waals surface area contributed by atoms with E-state index in [2.05, 4.69) is 15.9 Å². The second-order valence-electron chi connectivity index (χ2n) is 7.23. The number of carbonyl (C=O) groups excluding carboxylic acids is 1. The molecule has 158 valence electrons. The minimum atomic E-state index is -0.430. The van der Waals surface area contributed by atoms with Crippen LogP contribution in [0.1, 0.15) is 22.7 Å². The van der Waals surface area contributed by atoms with Gasteiger partial charge >= 0.3 is 0 Å². The van der Waals surface area contributed by atoms with E-state index in [-0.39, 0.29) is 5.76 Å². The maximum absolute atomic E-state index is 13.2. The fourth-order valence-electron chi connectivity index (χ4n) is 3.84. The number of aliphatic hydroxyl groups is 1. The van der Waals surface area contributed by atoms with Gasteiger partial charge in [-0.25, -0.2) is 0 Å². The Morgan fingerprint density at radius 2 is 1.61 bits per heavy atom. The minimum Gasteiger partial charge on any atom is -0.503 e. The highest BCUT2D eigenvalue weighted by Crippen LogP contribution is 2.44. The molecule has 1 N–H and O–H groups in total. The molecule has 4 rings (SSSR count). The van der Waals surface area contributed by atoms with Crippen LogP contribution in [0.5, 0.6) is 11.5 Å². The molecule has 1 aliphatic rings. The number of hydrogen-bond acceptors (Lipinski definition) is 4. The molecule has 1 aliphatic heterocycles. The summed E-state index contributed by atoms with van der Waals surface area (Å²) in [6, 6.07) is 22.3. The molecule has 0 radical (unpaired) electrons. The van der Waals surface area contributed by atoms with Gasteiger partial charge in [0.2, 0.25) is 0 Å². The summed E-state index contributed by atoms with van der Waals surface area (Å²) in [5, 5.41) is 10.9. The molecule has 3 aromatic rings. The number of rotatable bonds is 6. The van der Waals surface area contributed by atoms with E-state index in [1.54, 1.807) is 19.1 Å². The van der Waals surface area contributed by atoms with E-state index in [0.717, 1.165) is 26.9 Å². The van der Waals surface area contributed by atoms with E-state index < -0.39 is 11.9 Å². The summed E-state index contributed by atoms with van der Waals surface area (Å²) in [6.07, 6.45) is 0. The third-order valence-corrected chi connectivity index (χ3v) is 5.91. The van der Waals surface area contributed by atoms with Gasteiger partial charge < -0.3 is 19.5 Å². The lowest BCUT2D eigenvalue weighted by molar-refractivity contribution is -0.130. The average Bonchev–Trinajstić information content (AvgIpc) is 3.05. The van der Waals surface area contributed by atoms with Crippen LogP contribution < -0.4 is 9.47 Å². The molecule has 31 heavy (non-hydrogen) atoms. The van der Waals surface area contributed by atoms with E-state index in [1.165, 1.54) is 0 Å². The fourth-order valence-corrected chi connectivity index (χ4v) is 4.11. The first kappa shape index (κ1) is 21.0. The van der Waals surface area contributed by atoms with Crippen molar-refractivity contribution in [1.29, 1.82) is 0 Å². The maximum Gasteiger partial charge on any atom is 0.290 e. The number of halogens is 1. The molecule has 5 nitrogen and oxygen atoms in total. The Labute approximate surface area is 189 Å². The Balaban J connectivity index is 1.78. The normalized spacial score (nSPS) is 16.0.